The minimum atomic E-state index is -0.490. The van der Waals surface area contributed by atoms with Gasteiger partial charge in [0.1, 0.15) is 17.3 Å². The number of para-hydroxylation sites is 1. The van der Waals surface area contributed by atoms with Gasteiger partial charge in [0.25, 0.3) is 0 Å². The Balaban J connectivity index is 1.02. The standard InChI is InChI=1S/C53H41N3O/c1-2-14-34(15-3-1)50-54-51(38-30-36-18-12-16-33-17-13-19-37(31-38)49(33)36)56-52(55-50)42-23-5-4-20-39(42)35-28-29-48-46(32-35)53(45-26-10-11-27-47(45)57-48)43-24-8-6-21-40(43)41-22-7-9-25-44(41)53/h2,4-16,18-27,32,36,38H,1,3,17,28-31H2. The Hall–Kier alpha value is -6.39. The molecule has 0 N–H and O–H groups in total. The molecule has 0 radical (unpaired) electrons. The molecule has 4 heteroatoms. The number of benzene rings is 4. The minimum Gasteiger partial charge on any atom is -0.461 e. The molecule has 0 amide bonds. The van der Waals surface area contributed by atoms with Crippen molar-refractivity contribution >= 4 is 11.1 Å². The summed E-state index contributed by atoms with van der Waals surface area (Å²) in [5, 5.41) is 0. The van der Waals surface area contributed by atoms with Crippen LogP contribution in [-0.4, -0.2) is 15.0 Å². The molecule has 57 heavy (non-hydrogen) atoms. The van der Waals surface area contributed by atoms with Gasteiger partial charge in [-0.15, -0.1) is 0 Å². The molecule has 0 bridgehead atoms. The van der Waals surface area contributed by atoms with Crippen LogP contribution in [-0.2, 0) is 5.41 Å². The Morgan fingerprint density at radius 3 is 2.19 bits per heavy atom. The van der Waals surface area contributed by atoms with Crippen molar-refractivity contribution in [1.29, 1.82) is 0 Å². The highest BCUT2D eigenvalue weighted by Crippen LogP contribution is 2.62. The molecule has 4 aromatic carbocycles. The third-order valence-corrected chi connectivity index (χ3v) is 13.3. The van der Waals surface area contributed by atoms with Crippen molar-refractivity contribution in [2.75, 3.05) is 0 Å². The van der Waals surface area contributed by atoms with Crippen LogP contribution in [0.3, 0.4) is 0 Å². The van der Waals surface area contributed by atoms with Gasteiger partial charge >= 0.3 is 0 Å². The van der Waals surface area contributed by atoms with E-state index in [9.17, 15) is 0 Å². The maximum absolute atomic E-state index is 6.86. The summed E-state index contributed by atoms with van der Waals surface area (Å²) in [5.74, 6) is 5.02. The summed E-state index contributed by atoms with van der Waals surface area (Å²) in [6, 6.07) is 35.4. The zero-order valence-corrected chi connectivity index (χ0v) is 31.8. The molecule has 7 aliphatic rings. The normalized spacial score (nSPS) is 21.8. The summed E-state index contributed by atoms with van der Waals surface area (Å²) in [6.07, 6.45) is 27.5. The van der Waals surface area contributed by atoms with E-state index < -0.39 is 5.41 Å². The fraction of sp³-hybridized carbons (Fsp3) is 0.189. The molecule has 0 saturated carbocycles. The first-order valence-corrected chi connectivity index (χ1v) is 20.6. The third-order valence-electron chi connectivity index (χ3n) is 13.3. The van der Waals surface area contributed by atoms with Gasteiger partial charge in [0.15, 0.2) is 11.6 Å². The van der Waals surface area contributed by atoms with E-state index >= 15 is 0 Å². The molecule has 0 saturated heterocycles. The second-order valence-electron chi connectivity index (χ2n) is 16.3. The Morgan fingerprint density at radius 1 is 0.649 bits per heavy atom. The molecule has 0 fully saturated rings. The lowest BCUT2D eigenvalue weighted by Gasteiger charge is -2.42. The van der Waals surface area contributed by atoms with Crippen LogP contribution in [0.2, 0.25) is 0 Å². The van der Waals surface area contributed by atoms with Crippen molar-refractivity contribution < 1.29 is 4.74 Å². The monoisotopic (exact) mass is 735 g/mol. The third kappa shape index (κ3) is 4.96. The Morgan fingerprint density at radius 2 is 1.39 bits per heavy atom. The van der Waals surface area contributed by atoms with Gasteiger partial charge in [0.05, 0.1) is 5.41 Å². The van der Waals surface area contributed by atoms with Crippen LogP contribution in [0.5, 0.6) is 5.75 Å². The predicted octanol–water partition coefficient (Wildman–Crippen LogP) is 12.4. The van der Waals surface area contributed by atoms with Gasteiger partial charge < -0.3 is 4.74 Å². The SMILES string of the molecule is C1=CC2CC(c3nc(C4=CCCC=C4)nc(-c4ccccc4C4=CC5=C(CC4)Oc4ccccc4C54c5ccccc5-c5ccccc54)n3)CC3=C2C(=C1)CC=C3. The summed E-state index contributed by atoms with van der Waals surface area (Å²) in [7, 11) is 0. The molecule has 1 spiro atoms. The second-order valence-corrected chi connectivity index (χ2v) is 16.3. The van der Waals surface area contributed by atoms with Crippen LogP contribution in [0.25, 0.3) is 33.7 Å². The van der Waals surface area contributed by atoms with E-state index in [0.29, 0.717) is 5.92 Å². The van der Waals surface area contributed by atoms with E-state index in [1.807, 2.05) is 0 Å². The zero-order valence-electron chi connectivity index (χ0n) is 31.8. The van der Waals surface area contributed by atoms with E-state index in [2.05, 4.69) is 152 Å². The molecule has 274 valence electrons. The van der Waals surface area contributed by atoms with E-state index in [1.165, 1.54) is 61.2 Å². The zero-order chi connectivity index (χ0) is 37.5. The van der Waals surface area contributed by atoms with Gasteiger partial charge in [-0.2, -0.15) is 0 Å². The lowest BCUT2D eigenvalue weighted by atomic mass is 9.64. The number of fused-ring (bicyclic) bond motifs is 8. The number of hydrogen-bond donors (Lipinski definition) is 0. The highest BCUT2D eigenvalue weighted by molar-refractivity contribution is 5.90. The van der Waals surface area contributed by atoms with Crippen molar-refractivity contribution in [2.24, 2.45) is 5.92 Å². The number of aromatic nitrogens is 3. The number of rotatable bonds is 4. The summed E-state index contributed by atoms with van der Waals surface area (Å²) in [4.78, 5) is 16.0. The summed E-state index contributed by atoms with van der Waals surface area (Å²) in [6.45, 7) is 0. The van der Waals surface area contributed by atoms with Crippen LogP contribution in [0.4, 0.5) is 0 Å². The van der Waals surface area contributed by atoms with Crippen molar-refractivity contribution in [3.63, 3.8) is 0 Å². The molecular weight excluding hydrogens is 695 g/mol. The van der Waals surface area contributed by atoms with Gasteiger partial charge in [0, 0.05) is 40.5 Å². The van der Waals surface area contributed by atoms with Gasteiger partial charge in [-0.3, -0.25) is 0 Å². The maximum Gasteiger partial charge on any atom is 0.164 e. The van der Waals surface area contributed by atoms with Gasteiger partial charge in [-0.05, 0) is 94.7 Å². The van der Waals surface area contributed by atoms with Gasteiger partial charge in [-0.1, -0.05) is 146 Å². The van der Waals surface area contributed by atoms with E-state index in [0.717, 1.165) is 85.1 Å². The molecule has 1 aliphatic heterocycles. The molecule has 6 aliphatic carbocycles. The molecule has 5 aromatic rings. The highest BCUT2D eigenvalue weighted by atomic mass is 16.5. The van der Waals surface area contributed by atoms with E-state index in [-0.39, 0.29) is 5.92 Å². The average Bonchev–Trinajstić information content (AvgIpc) is 3.57. The molecule has 2 unspecified atom stereocenters. The minimum absolute atomic E-state index is 0.199. The highest BCUT2D eigenvalue weighted by Gasteiger charge is 2.52. The quantitative estimate of drug-likeness (QED) is 0.184. The lowest BCUT2D eigenvalue weighted by Crippen LogP contribution is -2.35. The van der Waals surface area contributed by atoms with E-state index in [4.69, 9.17) is 19.7 Å². The van der Waals surface area contributed by atoms with Crippen LogP contribution >= 0.6 is 0 Å². The van der Waals surface area contributed by atoms with Crippen molar-refractivity contribution in [3.8, 4) is 28.3 Å². The summed E-state index contributed by atoms with van der Waals surface area (Å²) in [5.41, 5.74) is 16.2. The average molecular weight is 736 g/mol. The van der Waals surface area contributed by atoms with Crippen LogP contribution in [0.15, 0.2) is 180 Å². The maximum atomic E-state index is 6.86. The topological polar surface area (TPSA) is 47.9 Å². The fourth-order valence-corrected chi connectivity index (χ4v) is 10.9. The number of nitrogens with zero attached hydrogens (tertiary/aromatic N) is 3. The van der Waals surface area contributed by atoms with Crippen molar-refractivity contribution in [3.05, 3.63) is 214 Å². The smallest absolute Gasteiger partial charge is 0.164 e. The molecule has 1 aromatic heterocycles. The van der Waals surface area contributed by atoms with Crippen LogP contribution in [0, 0.1) is 5.92 Å². The Kier molecular flexibility index (Phi) is 7.38. The molecule has 2 heterocycles. The number of ether oxygens (including phenoxy) is 1. The summed E-state index contributed by atoms with van der Waals surface area (Å²) < 4.78 is 6.86. The van der Waals surface area contributed by atoms with Crippen LogP contribution in [0.1, 0.15) is 84.8 Å². The van der Waals surface area contributed by atoms with Gasteiger partial charge in [0.2, 0.25) is 0 Å². The lowest BCUT2D eigenvalue weighted by molar-refractivity contribution is 0.365. The molecular formula is C53H41N3O. The van der Waals surface area contributed by atoms with Crippen molar-refractivity contribution in [2.45, 2.75) is 56.3 Å². The van der Waals surface area contributed by atoms with Crippen molar-refractivity contribution in [1.82, 2.24) is 15.0 Å². The van der Waals surface area contributed by atoms with Crippen LogP contribution < -0.4 is 4.74 Å². The fourth-order valence-electron chi connectivity index (χ4n) is 10.9. The summed E-state index contributed by atoms with van der Waals surface area (Å²) >= 11 is 0. The molecule has 4 nitrogen and oxygen atoms in total. The molecule has 2 atom stereocenters. The first-order valence-electron chi connectivity index (χ1n) is 20.6. The first kappa shape index (κ1) is 32.8. The molecule has 12 rings (SSSR count). The van der Waals surface area contributed by atoms with E-state index in [1.54, 1.807) is 0 Å². The first-order chi connectivity index (χ1) is 28.2. The number of hydrogen-bond acceptors (Lipinski definition) is 4. The predicted molar refractivity (Wildman–Crippen MR) is 228 cm³/mol. The van der Waals surface area contributed by atoms with Gasteiger partial charge in [-0.25, -0.2) is 15.0 Å². The Bertz CT molecular complexity index is 2770. The second kappa shape index (κ2) is 12.8. The largest absolute Gasteiger partial charge is 0.461 e. The Labute approximate surface area is 333 Å². The number of allylic oxidation sites excluding steroid dienone is 16.